The maximum Gasteiger partial charge on any atom is 0.238 e. The topological polar surface area (TPSA) is 54.3 Å². The molecule has 1 aromatic heterocycles. The van der Waals surface area contributed by atoms with Crippen molar-refractivity contribution in [3.63, 3.8) is 0 Å². The van der Waals surface area contributed by atoms with Crippen LogP contribution in [0.25, 0.3) is 0 Å². The van der Waals surface area contributed by atoms with Crippen LogP contribution in [0.3, 0.4) is 0 Å². The third-order valence-electron chi connectivity index (χ3n) is 4.28. The van der Waals surface area contributed by atoms with Gasteiger partial charge in [0, 0.05) is 23.0 Å². The van der Waals surface area contributed by atoms with Crippen LogP contribution in [0.4, 0.5) is 5.69 Å². The lowest BCUT2D eigenvalue weighted by atomic mass is 10.1. The van der Waals surface area contributed by atoms with Crippen molar-refractivity contribution in [1.82, 2.24) is 9.47 Å². The molecule has 6 heteroatoms. The Labute approximate surface area is 159 Å². The summed E-state index contributed by atoms with van der Waals surface area (Å²) in [4.78, 5) is 26.5. The average molecular weight is 376 g/mol. The van der Waals surface area contributed by atoms with Gasteiger partial charge < -0.3 is 9.88 Å². The number of ketones is 1. The van der Waals surface area contributed by atoms with Crippen LogP contribution in [0.5, 0.6) is 0 Å². The number of hydrogen-bond donors (Lipinski definition) is 1. The molecule has 0 bridgehead atoms. The highest BCUT2D eigenvalue weighted by Crippen LogP contribution is 2.21. The van der Waals surface area contributed by atoms with Gasteiger partial charge in [0.15, 0.2) is 5.78 Å². The third-order valence-corrected chi connectivity index (χ3v) is 4.61. The molecule has 1 aromatic carbocycles. The molecule has 0 fully saturated rings. The number of nitrogens with one attached hydrogen (secondary N) is 1. The zero-order valence-corrected chi connectivity index (χ0v) is 16.7. The van der Waals surface area contributed by atoms with E-state index in [1.165, 1.54) is 0 Å². The number of nitrogens with zero attached hydrogens (tertiary/aromatic N) is 2. The molecule has 1 heterocycles. The molecule has 2 aromatic rings. The number of anilines is 1. The van der Waals surface area contributed by atoms with Gasteiger partial charge >= 0.3 is 0 Å². The summed E-state index contributed by atoms with van der Waals surface area (Å²) in [6, 6.07) is 9.29. The average Bonchev–Trinajstić information content (AvgIpc) is 2.84. The van der Waals surface area contributed by atoms with Crippen LogP contribution in [-0.2, 0) is 4.79 Å². The number of Topliss-reactive ketones (excluding diaryl/α,β-unsaturated/α-hetero) is 1. The summed E-state index contributed by atoms with van der Waals surface area (Å²) in [6.07, 6.45) is 0. The molecule has 0 aliphatic carbocycles. The summed E-state index contributed by atoms with van der Waals surface area (Å²) in [6.45, 7) is 8.45. The van der Waals surface area contributed by atoms with Crippen molar-refractivity contribution < 1.29 is 9.59 Å². The number of aryl methyl sites for hydroxylation is 1. The second kappa shape index (κ2) is 8.52. The normalized spacial score (nSPS) is 11.2. The van der Waals surface area contributed by atoms with E-state index in [0.717, 1.165) is 17.0 Å². The van der Waals surface area contributed by atoms with Crippen molar-refractivity contribution in [3.8, 4) is 0 Å². The molecule has 1 N–H and O–H groups in total. The van der Waals surface area contributed by atoms with Crippen molar-refractivity contribution in [3.05, 3.63) is 52.3 Å². The first-order valence-electron chi connectivity index (χ1n) is 8.65. The maximum absolute atomic E-state index is 12.7. The van der Waals surface area contributed by atoms with E-state index < -0.39 is 0 Å². The molecule has 0 aliphatic rings. The number of amides is 1. The smallest absolute Gasteiger partial charge is 0.238 e. The second-order valence-electron chi connectivity index (χ2n) is 6.87. The number of likely N-dealkylation sites (N-methyl/N-ethyl adjacent to an activating group) is 1. The maximum atomic E-state index is 12.7. The van der Waals surface area contributed by atoms with Crippen molar-refractivity contribution >= 4 is 29.0 Å². The SMILES string of the molecule is Cc1cc(C(=O)CN(C)CC(=O)Nc2ccccc2Cl)c(C)n1C(C)C. The van der Waals surface area contributed by atoms with Gasteiger partial charge in [-0.25, -0.2) is 0 Å². The predicted molar refractivity (Wildman–Crippen MR) is 106 cm³/mol. The lowest BCUT2D eigenvalue weighted by molar-refractivity contribution is -0.116. The predicted octanol–water partition coefficient (Wildman–Crippen LogP) is 4.09. The molecule has 140 valence electrons. The fourth-order valence-electron chi connectivity index (χ4n) is 3.24. The minimum atomic E-state index is -0.207. The number of hydrogen-bond acceptors (Lipinski definition) is 3. The second-order valence-corrected chi connectivity index (χ2v) is 7.28. The Morgan fingerprint density at radius 3 is 2.42 bits per heavy atom. The lowest BCUT2D eigenvalue weighted by Crippen LogP contribution is -2.34. The fourth-order valence-corrected chi connectivity index (χ4v) is 3.42. The molecule has 0 aliphatic heterocycles. The molecule has 1 amide bonds. The number of aromatic nitrogens is 1. The van der Waals surface area contributed by atoms with Gasteiger partial charge in [-0.2, -0.15) is 0 Å². The van der Waals surface area contributed by atoms with Crippen LogP contribution in [-0.4, -0.2) is 41.3 Å². The number of para-hydroxylation sites is 1. The zero-order valence-electron chi connectivity index (χ0n) is 16.0. The highest BCUT2D eigenvalue weighted by atomic mass is 35.5. The fraction of sp³-hybridized carbons (Fsp3) is 0.400. The van der Waals surface area contributed by atoms with E-state index in [1.807, 2.05) is 19.9 Å². The summed E-state index contributed by atoms with van der Waals surface area (Å²) in [5, 5.41) is 3.25. The molecule has 0 spiro atoms. The van der Waals surface area contributed by atoms with Crippen LogP contribution in [0.1, 0.15) is 41.6 Å². The van der Waals surface area contributed by atoms with Gasteiger partial charge in [0.1, 0.15) is 0 Å². The van der Waals surface area contributed by atoms with Crippen LogP contribution in [0, 0.1) is 13.8 Å². The molecule has 0 radical (unpaired) electrons. The van der Waals surface area contributed by atoms with Crippen LogP contribution < -0.4 is 5.32 Å². The Kier molecular flexibility index (Phi) is 6.62. The van der Waals surface area contributed by atoms with E-state index in [-0.39, 0.29) is 24.8 Å². The molecule has 0 atom stereocenters. The lowest BCUT2D eigenvalue weighted by Gasteiger charge is -2.16. The highest BCUT2D eigenvalue weighted by Gasteiger charge is 2.19. The summed E-state index contributed by atoms with van der Waals surface area (Å²) < 4.78 is 2.15. The summed E-state index contributed by atoms with van der Waals surface area (Å²) in [5.74, 6) is -0.195. The van der Waals surface area contributed by atoms with Crippen LogP contribution in [0.15, 0.2) is 30.3 Å². The minimum absolute atomic E-state index is 0.0121. The van der Waals surface area contributed by atoms with Crippen molar-refractivity contribution in [2.75, 3.05) is 25.5 Å². The molecule has 0 saturated heterocycles. The van der Waals surface area contributed by atoms with Crippen molar-refractivity contribution in [2.24, 2.45) is 0 Å². The number of rotatable bonds is 7. The van der Waals surface area contributed by atoms with Gasteiger partial charge in [0.05, 0.1) is 23.8 Å². The van der Waals surface area contributed by atoms with E-state index in [9.17, 15) is 9.59 Å². The number of halogens is 1. The quantitative estimate of drug-likeness (QED) is 0.741. The number of carbonyl (C=O) groups is 2. The van der Waals surface area contributed by atoms with Gasteiger partial charge in [-0.05, 0) is 52.9 Å². The molecule has 0 saturated carbocycles. The monoisotopic (exact) mass is 375 g/mol. The Morgan fingerprint density at radius 2 is 1.85 bits per heavy atom. The number of benzene rings is 1. The zero-order chi connectivity index (χ0) is 19.4. The molecule has 0 unspecified atom stereocenters. The highest BCUT2D eigenvalue weighted by molar-refractivity contribution is 6.33. The van der Waals surface area contributed by atoms with Gasteiger partial charge in [-0.1, -0.05) is 23.7 Å². The van der Waals surface area contributed by atoms with Gasteiger partial charge in [-0.3, -0.25) is 14.5 Å². The molecule has 26 heavy (non-hydrogen) atoms. The first-order valence-corrected chi connectivity index (χ1v) is 9.03. The largest absolute Gasteiger partial charge is 0.346 e. The summed E-state index contributed by atoms with van der Waals surface area (Å²) in [5.41, 5.74) is 3.32. The summed E-state index contributed by atoms with van der Waals surface area (Å²) in [7, 11) is 1.76. The van der Waals surface area contributed by atoms with Crippen LogP contribution >= 0.6 is 11.6 Å². The van der Waals surface area contributed by atoms with Crippen LogP contribution in [0.2, 0.25) is 5.02 Å². The van der Waals surface area contributed by atoms with E-state index in [4.69, 9.17) is 11.6 Å². The Morgan fingerprint density at radius 1 is 1.19 bits per heavy atom. The van der Waals surface area contributed by atoms with Crippen molar-refractivity contribution in [2.45, 2.75) is 33.7 Å². The standard InChI is InChI=1S/C20H26ClN3O2/c1-13(2)24-14(3)10-16(15(24)4)19(25)11-23(5)12-20(26)22-18-9-7-6-8-17(18)21/h6-10,13H,11-12H2,1-5H3,(H,22,26). The Balaban J connectivity index is 1.98. The summed E-state index contributed by atoms with van der Waals surface area (Å²) >= 11 is 6.04. The van der Waals surface area contributed by atoms with E-state index >= 15 is 0 Å². The third kappa shape index (κ3) is 4.74. The molecular formula is C20H26ClN3O2. The number of carbonyl (C=O) groups excluding carboxylic acids is 2. The van der Waals surface area contributed by atoms with Crippen molar-refractivity contribution in [1.29, 1.82) is 0 Å². The van der Waals surface area contributed by atoms with E-state index in [2.05, 4.69) is 23.7 Å². The Hall–Kier alpha value is -2.11. The minimum Gasteiger partial charge on any atom is -0.346 e. The van der Waals surface area contributed by atoms with Gasteiger partial charge in [-0.15, -0.1) is 0 Å². The van der Waals surface area contributed by atoms with E-state index in [1.54, 1.807) is 36.2 Å². The molecule has 2 rings (SSSR count). The Bertz CT molecular complexity index is 811. The van der Waals surface area contributed by atoms with Gasteiger partial charge in [0.25, 0.3) is 0 Å². The van der Waals surface area contributed by atoms with E-state index in [0.29, 0.717) is 16.8 Å². The molecular weight excluding hydrogens is 350 g/mol. The van der Waals surface area contributed by atoms with Gasteiger partial charge in [0.2, 0.25) is 5.91 Å². The first kappa shape index (κ1) is 20.2. The molecule has 5 nitrogen and oxygen atoms in total. The first-order chi connectivity index (χ1) is 12.2.